The highest BCUT2D eigenvalue weighted by molar-refractivity contribution is 5.89. The summed E-state index contributed by atoms with van der Waals surface area (Å²) in [4.78, 5) is 12.5. The van der Waals surface area contributed by atoms with Gasteiger partial charge in [0.2, 0.25) is 0 Å². The van der Waals surface area contributed by atoms with Gasteiger partial charge in [-0.15, -0.1) is 0 Å². The average molecular weight is 409 g/mol. The summed E-state index contributed by atoms with van der Waals surface area (Å²) in [7, 11) is 3.20. The van der Waals surface area contributed by atoms with Crippen molar-refractivity contribution in [1.82, 2.24) is 15.1 Å². The number of hydrogen-bond donors (Lipinski definition) is 2. The van der Waals surface area contributed by atoms with Gasteiger partial charge >= 0.3 is 6.03 Å². The number of carbonyl (C=O) groups is 1. The Bertz CT molecular complexity index is 1030. The number of urea groups is 1. The van der Waals surface area contributed by atoms with Crippen molar-refractivity contribution in [3.63, 3.8) is 0 Å². The van der Waals surface area contributed by atoms with Gasteiger partial charge in [0.15, 0.2) is 0 Å². The summed E-state index contributed by atoms with van der Waals surface area (Å²) >= 11 is 0. The highest BCUT2D eigenvalue weighted by atomic mass is 16.5. The molecule has 3 aromatic rings. The Balaban J connectivity index is 1.65. The standard InChI is InChI=1S/C23H28N4O3/c1-15-11-16(2)27(26-15)14-18-7-6-8-19(12-18)25-23(28)24-17(3)21-10-9-20(29-4)13-22(21)30-5/h6-13,17H,14H2,1-5H3,(H2,24,25,28). The van der Waals surface area contributed by atoms with Crippen molar-refractivity contribution in [2.75, 3.05) is 19.5 Å². The zero-order valence-corrected chi connectivity index (χ0v) is 18.0. The number of aryl methyl sites for hydroxylation is 2. The van der Waals surface area contributed by atoms with E-state index in [-0.39, 0.29) is 12.1 Å². The van der Waals surface area contributed by atoms with E-state index in [1.807, 2.05) is 67.9 Å². The normalized spacial score (nSPS) is 11.6. The average Bonchev–Trinajstić information content (AvgIpc) is 3.04. The van der Waals surface area contributed by atoms with E-state index in [0.29, 0.717) is 18.0 Å². The van der Waals surface area contributed by atoms with Crippen LogP contribution in [0, 0.1) is 13.8 Å². The number of carbonyl (C=O) groups excluding carboxylic acids is 1. The molecular formula is C23H28N4O3. The molecule has 0 aliphatic rings. The van der Waals surface area contributed by atoms with E-state index in [4.69, 9.17) is 9.47 Å². The zero-order chi connectivity index (χ0) is 21.7. The van der Waals surface area contributed by atoms with Crippen LogP contribution in [0.2, 0.25) is 0 Å². The summed E-state index contributed by atoms with van der Waals surface area (Å²) in [6.07, 6.45) is 0. The Labute approximate surface area is 177 Å². The second kappa shape index (κ2) is 9.35. The number of hydrogen-bond acceptors (Lipinski definition) is 4. The molecule has 0 spiro atoms. The first-order valence-corrected chi connectivity index (χ1v) is 9.79. The Morgan fingerprint density at radius 2 is 1.90 bits per heavy atom. The van der Waals surface area contributed by atoms with Crippen LogP contribution in [0.3, 0.4) is 0 Å². The van der Waals surface area contributed by atoms with Gasteiger partial charge in [0.05, 0.1) is 32.5 Å². The number of methoxy groups -OCH3 is 2. The van der Waals surface area contributed by atoms with Crippen LogP contribution in [0.15, 0.2) is 48.5 Å². The molecule has 1 aromatic heterocycles. The van der Waals surface area contributed by atoms with Gasteiger partial charge in [0.1, 0.15) is 11.5 Å². The Kier molecular flexibility index (Phi) is 6.61. The predicted molar refractivity (Wildman–Crippen MR) is 117 cm³/mol. The molecule has 30 heavy (non-hydrogen) atoms. The summed E-state index contributed by atoms with van der Waals surface area (Å²) in [6.45, 7) is 6.56. The minimum Gasteiger partial charge on any atom is -0.497 e. The van der Waals surface area contributed by atoms with Crippen LogP contribution in [0.5, 0.6) is 11.5 Å². The molecule has 0 aliphatic heterocycles. The molecule has 7 heteroatoms. The van der Waals surface area contributed by atoms with Crippen LogP contribution in [0.25, 0.3) is 0 Å². The highest BCUT2D eigenvalue weighted by Gasteiger charge is 2.15. The minimum atomic E-state index is -0.288. The van der Waals surface area contributed by atoms with Gasteiger partial charge in [0.25, 0.3) is 0 Å². The van der Waals surface area contributed by atoms with Crippen molar-refractivity contribution in [1.29, 1.82) is 0 Å². The van der Waals surface area contributed by atoms with E-state index in [2.05, 4.69) is 15.7 Å². The summed E-state index contributed by atoms with van der Waals surface area (Å²) in [5.41, 5.74) is 4.74. The van der Waals surface area contributed by atoms with Crippen molar-refractivity contribution in [3.05, 3.63) is 71.0 Å². The van der Waals surface area contributed by atoms with Crippen LogP contribution in [-0.4, -0.2) is 30.0 Å². The van der Waals surface area contributed by atoms with Gasteiger partial charge < -0.3 is 20.1 Å². The molecule has 3 rings (SSSR count). The lowest BCUT2D eigenvalue weighted by molar-refractivity contribution is 0.249. The van der Waals surface area contributed by atoms with E-state index < -0.39 is 0 Å². The molecule has 0 fully saturated rings. The van der Waals surface area contributed by atoms with E-state index in [0.717, 1.165) is 28.2 Å². The van der Waals surface area contributed by atoms with Crippen molar-refractivity contribution >= 4 is 11.7 Å². The predicted octanol–water partition coefficient (Wildman–Crippen LogP) is 4.45. The SMILES string of the molecule is COc1ccc(C(C)NC(=O)Nc2cccc(Cn3nc(C)cc3C)c2)c(OC)c1. The summed E-state index contributed by atoms with van der Waals surface area (Å²) in [5, 5.41) is 10.3. The molecule has 158 valence electrons. The van der Waals surface area contributed by atoms with Gasteiger partial charge in [-0.05, 0) is 56.7 Å². The lowest BCUT2D eigenvalue weighted by atomic mass is 10.1. The van der Waals surface area contributed by atoms with E-state index in [1.165, 1.54) is 0 Å². The maximum atomic E-state index is 12.5. The van der Waals surface area contributed by atoms with Crippen LogP contribution in [0.4, 0.5) is 10.5 Å². The zero-order valence-electron chi connectivity index (χ0n) is 18.0. The number of nitrogens with zero attached hydrogens (tertiary/aromatic N) is 2. The first-order chi connectivity index (χ1) is 14.4. The van der Waals surface area contributed by atoms with Gasteiger partial charge in [-0.1, -0.05) is 12.1 Å². The maximum Gasteiger partial charge on any atom is 0.319 e. The molecule has 2 amide bonds. The van der Waals surface area contributed by atoms with Crippen LogP contribution >= 0.6 is 0 Å². The number of benzene rings is 2. The van der Waals surface area contributed by atoms with Gasteiger partial charge in [-0.3, -0.25) is 4.68 Å². The van der Waals surface area contributed by atoms with Crippen molar-refractivity contribution in [2.45, 2.75) is 33.4 Å². The topological polar surface area (TPSA) is 77.4 Å². The van der Waals surface area contributed by atoms with Gasteiger partial charge in [0, 0.05) is 23.0 Å². The summed E-state index contributed by atoms with van der Waals surface area (Å²) in [5.74, 6) is 1.36. The lowest BCUT2D eigenvalue weighted by Gasteiger charge is -2.18. The molecule has 2 N–H and O–H groups in total. The Morgan fingerprint density at radius 3 is 2.57 bits per heavy atom. The quantitative estimate of drug-likeness (QED) is 0.606. The number of anilines is 1. The van der Waals surface area contributed by atoms with Gasteiger partial charge in [-0.25, -0.2) is 4.79 Å². The molecular weight excluding hydrogens is 380 g/mol. The van der Waals surface area contributed by atoms with Crippen molar-refractivity contribution in [2.24, 2.45) is 0 Å². The molecule has 1 unspecified atom stereocenters. The van der Waals surface area contributed by atoms with Crippen LogP contribution < -0.4 is 20.1 Å². The summed E-state index contributed by atoms with van der Waals surface area (Å²) < 4.78 is 12.6. The van der Waals surface area contributed by atoms with Gasteiger partial charge in [-0.2, -0.15) is 5.10 Å². The fourth-order valence-corrected chi connectivity index (χ4v) is 3.37. The highest BCUT2D eigenvalue weighted by Crippen LogP contribution is 2.29. The number of nitrogens with one attached hydrogen (secondary N) is 2. The number of aromatic nitrogens is 2. The number of amides is 2. The molecule has 0 radical (unpaired) electrons. The second-order valence-electron chi connectivity index (χ2n) is 7.21. The molecule has 2 aromatic carbocycles. The number of rotatable bonds is 7. The first kappa shape index (κ1) is 21.2. The number of ether oxygens (including phenoxy) is 2. The summed E-state index contributed by atoms with van der Waals surface area (Å²) in [6, 6.07) is 14.8. The molecule has 0 saturated carbocycles. The third kappa shape index (κ3) is 5.11. The Morgan fingerprint density at radius 1 is 1.10 bits per heavy atom. The third-order valence-corrected chi connectivity index (χ3v) is 4.88. The second-order valence-corrected chi connectivity index (χ2v) is 7.21. The smallest absolute Gasteiger partial charge is 0.319 e. The molecule has 1 atom stereocenters. The Hall–Kier alpha value is -3.48. The van der Waals surface area contributed by atoms with E-state index in [1.54, 1.807) is 20.3 Å². The monoisotopic (exact) mass is 408 g/mol. The molecule has 0 aliphatic carbocycles. The molecule has 1 heterocycles. The van der Waals surface area contributed by atoms with E-state index in [9.17, 15) is 4.79 Å². The lowest BCUT2D eigenvalue weighted by Crippen LogP contribution is -2.31. The van der Waals surface area contributed by atoms with Crippen LogP contribution in [0.1, 0.15) is 35.5 Å². The van der Waals surface area contributed by atoms with Crippen LogP contribution in [-0.2, 0) is 6.54 Å². The first-order valence-electron chi connectivity index (χ1n) is 9.79. The molecule has 7 nitrogen and oxygen atoms in total. The minimum absolute atomic E-state index is 0.247. The van der Waals surface area contributed by atoms with E-state index >= 15 is 0 Å². The molecule has 0 saturated heterocycles. The fourth-order valence-electron chi connectivity index (χ4n) is 3.37. The molecule has 0 bridgehead atoms. The van der Waals surface area contributed by atoms with Crippen molar-refractivity contribution < 1.29 is 14.3 Å². The fraction of sp³-hybridized carbons (Fsp3) is 0.304. The largest absolute Gasteiger partial charge is 0.497 e. The van der Waals surface area contributed by atoms with Crippen molar-refractivity contribution in [3.8, 4) is 11.5 Å². The maximum absolute atomic E-state index is 12.5. The third-order valence-electron chi connectivity index (χ3n) is 4.88.